The molecule has 4 rings (SSSR count). The molecule has 0 radical (unpaired) electrons. The van der Waals surface area contributed by atoms with Crippen LogP contribution in [0.25, 0.3) is 10.8 Å². The largest absolute Gasteiger partial charge is 0.328 e. The summed E-state index contributed by atoms with van der Waals surface area (Å²) in [7, 11) is 0. The van der Waals surface area contributed by atoms with Crippen molar-refractivity contribution in [2.75, 3.05) is 5.32 Å². The van der Waals surface area contributed by atoms with E-state index in [1.165, 1.54) is 29.5 Å². The van der Waals surface area contributed by atoms with Gasteiger partial charge in [0.25, 0.3) is 5.56 Å². The summed E-state index contributed by atoms with van der Waals surface area (Å²) in [6, 6.07) is 10.5. The molecule has 31 heavy (non-hydrogen) atoms. The number of carbonyl (C=O) groups is 1. The fourth-order valence-electron chi connectivity index (χ4n) is 3.39. The van der Waals surface area contributed by atoms with E-state index in [4.69, 9.17) is 11.6 Å². The summed E-state index contributed by atoms with van der Waals surface area (Å²) in [6.07, 6.45) is 3.34. The van der Waals surface area contributed by atoms with Crippen LogP contribution in [0.2, 0.25) is 5.02 Å². The first-order valence-corrected chi connectivity index (χ1v) is 10.7. The van der Waals surface area contributed by atoms with Gasteiger partial charge in [-0.25, -0.2) is 9.18 Å². The Bertz CT molecular complexity index is 1290. The Morgan fingerprint density at radius 2 is 2.06 bits per heavy atom. The zero-order chi connectivity index (χ0) is 22.0. The lowest BCUT2D eigenvalue weighted by Gasteiger charge is -2.30. The van der Waals surface area contributed by atoms with Crippen LogP contribution < -0.4 is 10.9 Å². The van der Waals surface area contributed by atoms with Crippen molar-refractivity contribution < 1.29 is 9.18 Å². The summed E-state index contributed by atoms with van der Waals surface area (Å²) in [5, 5.41) is 4.02. The molecule has 1 unspecified atom stereocenters. The van der Waals surface area contributed by atoms with E-state index in [1.54, 1.807) is 34.9 Å². The van der Waals surface area contributed by atoms with Gasteiger partial charge in [-0.15, -0.1) is 11.3 Å². The lowest BCUT2D eigenvalue weighted by Crippen LogP contribution is -2.36. The molecule has 0 saturated heterocycles. The molecule has 158 valence electrons. The SMILES string of the molecule is CC(c1c[nH]c(=O)c2ccccc12)N(Cc1cncs1)C(=O)Nc1ccc(F)c(Cl)c1. The number of fused-ring (bicyclic) bond motifs is 1. The molecule has 0 aliphatic carbocycles. The van der Waals surface area contributed by atoms with E-state index >= 15 is 0 Å². The maximum atomic E-state index is 13.5. The molecule has 0 bridgehead atoms. The summed E-state index contributed by atoms with van der Waals surface area (Å²) < 4.78 is 13.5. The third-order valence-electron chi connectivity index (χ3n) is 5.00. The van der Waals surface area contributed by atoms with Gasteiger partial charge in [0.05, 0.1) is 23.1 Å². The van der Waals surface area contributed by atoms with E-state index in [9.17, 15) is 14.0 Å². The number of halogens is 2. The van der Waals surface area contributed by atoms with Gasteiger partial charge >= 0.3 is 6.03 Å². The fourth-order valence-corrected chi connectivity index (χ4v) is 4.16. The maximum absolute atomic E-state index is 13.5. The fraction of sp³-hybridized carbons (Fsp3) is 0.136. The van der Waals surface area contributed by atoms with Crippen molar-refractivity contribution >= 4 is 45.4 Å². The second-order valence-electron chi connectivity index (χ2n) is 6.95. The van der Waals surface area contributed by atoms with E-state index < -0.39 is 5.82 Å². The molecule has 9 heteroatoms. The highest BCUT2D eigenvalue weighted by Crippen LogP contribution is 2.29. The Kier molecular flexibility index (Phi) is 6.01. The number of urea groups is 1. The predicted molar refractivity (Wildman–Crippen MR) is 121 cm³/mol. The number of anilines is 1. The van der Waals surface area contributed by atoms with Gasteiger partial charge in [-0.2, -0.15) is 0 Å². The first-order valence-electron chi connectivity index (χ1n) is 9.44. The quantitative estimate of drug-likeness (QED) is 0.412. The van der Waals surface area contributed by atoms with Gasteiger partial charge in [0, 0.05) is 28.3 Å². The number of benzene rings is 2. The van der Waals surface area contributed by atoms with E-state index in [0.29, 0.717) is 17.6 Å². The topological polar surface area (TPSA) is 78.1 Å². The van der Waals surface area contributed by atoms with Gasteiger partial charge in [0.2, 0.25) is 0 Å². The number of hydrogen-bond donors (Lipinski definition) is 2. The number of aromatic amines is 1. The predicted octanol–water partition coefficient (Wildman–Crippen LogP) is 5.57. The maximum Gasteiger partial charge on any atom is 0.322 e. The van der Waals surface area contributed by atoms with Crippen LogP contribution in [0.4, 0.5) is 14.9 Å². The van der Waals surface area contributed by atoms with Crippen LogP contribution >= 0.6 is 22.9 Å². The molecule has 0 aliphatic rings. The summed E-state index contributed by atoms with van der Waals surface area (Å²) in [5.41, 5.74) is 2.69. The van der Waals surface area contributed by atoms with E-state index in [2.05, 4.69) is 15.3 Å². The Morgan fingerprint density at radius 3 is 2.77 bits per heavy atom. The summed E-state index contributed by atoms with van der Waals surface area (Å²) in [4.78, 5) is 34.8. The molecule has 0 fully saturated rings. The summed E-state index contributed by atoms with van der Waals surface area (Å²) in [6.45, 7) is 2.19. The average molecular weight is 457 g/mol. The van der Waals surface area contributed by atoms with Gasteiger partial charge < -0.3 is 15.2 Å². The molecule has 4 aromatic rings. The van der Waals surface area contributed by atoms with E-state index in [1.807, 2.05) is 19.1 Å². The molecule has 1 atom stereocenters. The highest BCUT2D eigenvalue weighted by atomic mass is 35.5. The first kappa shape index (κ1) is 21.0. The monoisotopic (exact) mass is 456 g/mol. The van der Waals surface area contributed by atoms with Gasteiger partial charge in [0.15, 0.2) is 0 Å². The Hall–Kier alpha value is -3.23. The highest BCUT2D eigenvalue weighted by Gasteiger charge is 2.25. The number of H-pyrrole nitrogens is 1. The van der Waals surface area contributed by atoms with Gasteiger partial charge in [0.1, 0.15) is 5.82 Å². The molecule has 2 aromatic heterocycles. The Morgan fingerprint density at radius 1 is 1.29 bits per heavy atom. The first-order chi connectivity index (χ1) is 14.9. The summed E-state index contributed by atoms with van der Waals surface area (Å²) >= 11 is 7.29. The number of carbonyl (C=O) groups excluding carboxylic acids is 1. The molecule has 2 aromatic carbocycles. The van der Waals surface area contributed by atoms with E-state index in [-0.39, 0.29) is 22.7 Å². The second-order valence-corrected chi connectivity index (χ2v) is 8.33. The third-order valence-corrected chi connectivity index (χ3v) is 6.05. The van der Waals surface area contributed by atoms with Crippen molar-refractivity contribution in [2.24, 2.45) is 0 Å². The average Bonchev–Trinajstić information content (AvgIpc) is 3.28. The van der Waals surface area contributed by atoms with E-state index in [0.717, 1.165) is 15.8 Å². The van der Waals surface area contributed by atoms with Crippen molar-refractivity contribution in [1.29, 1.82) is 0 Å². The summed E-state index contributed by atoms with van der Waals surface area (Å²) in [5.74, 6) is -0.561. The van der Waals surface area contributed by atoms with Crippen molar-refractivity contribution in [3.05, 3.63) is 92.0 Å². The molecule has 0 saturated carbocycles. The molecular formula is C22H18ClFN4O2S. The Labute approximate surface area is 186 Å². The van der Waals surface area contributed by atoms with Crippen molar-refractivity contribution in [2.45, 2.75) is 19.5 Å². The molecule has 6 nitrogen and oxygen atoms in total. The van der Waals surface area contributed by atoms with Crippen molar-refractivity contribution in [3.8, 4) is 0 Å². The molecular weight excluding hydrogens is 439 g/mol. The molecule has 2 N–H and O–H groups in total. The zero-order valence-electron chi connectivity index (χ0n) is 16.4. The van der Waals surface area contributed by atoms with Crippen LogP contribution in [0.1, 0.15) is 23.4 Å². The molecule has 0 aliphatic heterocycles. The third kappa shape index (κ3) is 4.45. The van der Waals surface area contributed by atoms with Crippen LogP contribution in [0.15, 0.2) is 65.2 Å². The number of nitrogens with zero attached hydrogens (tertiary/aromatic N) is 2. The number of hydrogen-bond acceptors (Lipinski definition) is 4. The highest BCUT2D eigenvalue weighted by molar-refractivity contribution is 7.09. The van der Waals surface area contributed by atoms with Crippen LogP contribution in [-0.2, 0) is 6.54 Å². The molecule has 2 amide bonds. The number of thiazole rings is 1. The zero-order valence-corrected chi connectivity index (χ0v) is 18.0. The molecule has 2 heterocycles. The normalized spacial score (nSPS) is 12.0. The van der Waals surface area contributed by atoms with Crippen LogP contribution in [-0.4, -0.2) is 20.9 Å². The van der Waals surface area contributed by atoms with Gasteiger partial charge in [-0.05, 0) is 42.1 Å². The lowest BCUT2D eigenvalue weighted by molar-refractivity contribution is 0.190. The van der Waals surface area contributed by atoms with Crippen LogP contribution in [0, 0.1) is 5.82 Å². The number of pyridine rings is 1. The van der Waals surface area contributed by atoms with Crippen LogP contribution in [0.3, 0.4) is 0 Å². The minimum Gasteiger partial charge on any atom is -0.328 e. The van der Waals surface area contributed by atoms with Crippen LogP contribution in [0.5, 0.6) is 0 Å². The minimum absolute atomic E-state index is 0.0773. The standard InChI is InChI=1S/C22H18ClFN4O2S/c1-13(18-10-26-21(29)17-5-3-2-4-16(17)18)28(11-15-9-25-12-31-15)22(30)27-14-6-7-20(24)19(23)8-14/h2-10,12-13H,11H2,1H3,(H,26,29)(H,27,30). The van der Waals surface area contributed by atoms with Crippen molar-refractivity contribution in [3.63, 3.8) is 0 Å². The number of rotatable bonds is 5. The lowest BCUT2D eigenvalue weighted by atomic mass is 10.0. The number of nitrogens with one attached hydrogen (secondary N) is 2. The number of aromatic nitrogens is 2. The van der Waals surface area contributed by atoms with Crippen molar-refractivity contribution in [1.82, 2.24) is 14.9 Å². The molecule has 0 spiro atoms. The smallest absolute Gasteiger partial charge is 0.322 e. The van der Waals surface area contributed by atoms with Gasteiger partial charge in [-0.1, -0.05) is 29.8 Å². The minimum atomic E-state index is -0.561. The second kappa shape index (κ2) is 8.87. The van der Waals surface area contributed by atoms with Gasteiger partial charge in [-0.3, -0.25) is 9.78 Å². The number of amides is 2. The Balaban J connectivity index is 1.71.